The monoisotopic (exact) mass is 415 g/mol. The molecule has 0 radical (unpaired) electrons. The van der Waals surface area contributed by atoms with Gasteiger partial charge in [0.2, 0.25) is 5.75 Å². The first-order valence-corrected chi connectivity index (χ1v) is 9.76. The third-order valence-electron chi connectivity index (χ3n) is 4.71. The van der Waals surface area contributed by atoms with Crippen LogP contribution in [0, 0.1) is 6.92 Å². The van der Waals surface area contributed by atoms with Gasteiger partial charge in [-0.2, -0.15) is 0 Å². The number of carbonyl (C=O) groups excluding carboxylic acids is 2. The molecule has 0 aliphatic carbocycles. The van der Waals surface area contributed by atoms with E-state index in [9.17, 15) is 9.59 Å². The van der Waals surface area contributed by atoms with Gasteiger partial charge in [-0.3, -0.25) is 9.59 Å². The quantitative estimate of drug-likeness (QED) is 0.596. The molecule has 162 valence electrons. The van der Waals surface area contributed by atoms with Gasteiger partial charge in [0.15, 0.2) is 18.1 Å². The maximum atomic E-state index is 12.2. The average molecular weight is 415 g/mol. The number of hydrogen-bond acceptors (Lipinski definition) is 6. The second-order valence-corrected chi connectivity index (χ2v) is 6.71. The predicted molar refractivity (Wildman–Crippen MR) is 115 cm³/mol. The van der Waals surface area contributed by atoms with Crippen LogP contribution < -0.4 is 19.5 Å². The molecule has 7 heteroatoms. The summed E-state index contributed by atoms with van der Waals surface area (Å²) >= 11 is 0. The van der Waals surface area contributed by atoms with Crippen LogP contribution in [0.15, 0.2) is 30.3 Å². The Labute approximate surface area is 177 Å². The first-order valence-electron chi connectivity index (χ1n) is 9.76. The minimum absolute atomic E-state index is 0.122. The number of esters is 1. The normalized spacial score (nSPS) is 10.3. The Balaban J connectivity index is 1.91. The first-order chi connectivity index (χ1) is 14.4. The highest BCUT2D eigenvalue weighted by Gasteiger charge is 2.15. The number of hydrogen-bond donors (Lipinski definition) is 1. The van der Waals surface area contributed by atoms with Crippen LogP contribution in [0.3, 0.4) is 0 Å². The Morgan fingerprint density at radius 3 is 2.23 bits per heavy atom. The van der Waals surface area contributed by atoms with Crippen molar-refractivity contribution in [2.45, 2.75) is 33.1 Å². The van der Waals surface area contributed by atoms with Gasteiger partial charge in [-0.15, -0.1) is 0 Å². The van der Waals surface area contributed by atoms with Crippen LogP contribution in [-0.2, 0) is 27.2 Å². The fourth-order valence-corrected chi connectivity index (χ4v) is 3.12. The summed E-state index contributed by atoms with van der Waals surface area (Å²) in [5, 5.41) is 2.84. The molecule has 0 bridgehead atoms. The zero-order valence-corrected chi connectivity index (χ0v) is 18.2. The second kappa shape index (κ2) is 11.1. The molecule has 2 rings (SSSR count). The van der Waals surface area contributed by atoms with Gasteiger partial charge in [0.25, 0.3) is 5.91 Å². The van der Waals surface area contributed by atoms with Crippen molar-refractivity contribution in [2.24, 2.45) is 0 Å². The number of aryl methyl sites for hydroxylation is 3. The van der Waals surface area contributed by atoms with Crippen molar-refractivity contribution in [3.8, 4) is 17.2 Å². The molecular formula is C23H29NO6. The number of anilines is 1. The molecule has 0 fully saturated rings. The largest absolute Gasteiger partial charge is 0.493 e. The van der Waals surface area contributed by atoms with Gasteiger partial charge in [0.05, 0.1) is 21.3 Å². The zero-order valence-electron chi connectivity index (χ0n) is 18.2. The van der Waals surface area contributed by atoms with Gasteiger partial charge < -0.3 is 24.3 Å². The molecule has 0 saturated carbocycles. The number of ether oxygens (including phenoxy) is 4. The van der Waals surface area contributed by atoms with Gasteiger partial charge in [0.1, 0.15) is 0 Å². The number of amides is 1. The summed E-state index contributed by atoms with van der Waals surface area (Å²) < 4.78 is 21.1. The maximum absolute atomic E-state index is 12.2. The summed E-state index contributed by atoms with van der Waals surface area (Å²) in [5.74, 6) is 0.708. The summed E-state index contributed by atoms with van der Waals surface area (Å²) in [6, 6.07) is 9.41. The standard InChI is InChI=1S/C23H29NO6/c1-6-17-9-7-8-15(2)22(17)24-20(25)14-30-21(26)11-10-16-12-18(27-3)23(29-5)19(13-16)28-4/h7-9,12-13H,6,10-11,14H2,1-5H3,(H,24,25). The molecule has 1 amide bonds. The molecule has 2 aromatic rings. The van der Waals surface area contributed by atoms with Crippen LogP contribution in [0.4, 0.5) is 5.69 Å². The first kappa shape index (κ1) is 23.1. The number of nitrogens with one attached hydrogen (secondary N) is 1. The summed E-state index contributed by atoms with van der Waals surface area (Å²) in [5.41, 5.74) is 3.62. The molecule has 7 nitrogen and oxygen atoms in total. The van der Waals surface area contributed by atoms with Crippen LogP contribution in [0.5, 0.6) is 17.2 Å². The molecule has 1 N–H and O–H groups in total. The molecule has 0 spiro atoms. The summed E-state index contributed by atoms with van der Waals surface area (Å²) in [4.78, 5) is 24.3. The Kier molecular flexibility index (Phi) is 8.53. The van der Waals surface area contributed by atoms with Crippen LogP contribution in [0.25, 0.3) is 0 Å². The highest BCUT2D eigenvalue weighted by Crippen LogP contribution is 2.38. The smallest absolute Gasteiger partial charge is 0.306 e. The number of benzene rings is 2. The van der Waals surface area contributed by atoms with E-state index in [0.29, 0.717) is 23.7 Å². The summed E-state index contributed by atoms with van der Waals surface area (Å²) in [6.07, 6.45) is 1.33. The van der Waals surface area contributed by atoms with E-state index in [0.717, 1.165) is 28.8 Å². The fraction of sp³-hybridized carbons (Fsp3) is 0.391. The molecular weight excluding hydrogens is 386 g/mol. The minimum atomic E-state index is -0.459. The number of rotatable bonds is 10. The van der Waals surface area contributed by atoms with Crippen LogP contribution >= 0.6 is 0 Å². The van der Waals surface area contributed by atoms with Gasteiger partial charge in [-0.25, -0.2) is 0 Å². The van der Waals surface area contributed by atoms with Crippen molar-refractivity contribution in [3.63, 3.8) is 0 Å². The average Bonchev–Trinajstić information content (AvgIpc) is 2.76. The Morgan fingerprint density at radius 1 is 1.00 bits per heavy atom. The minimum Gasteiger partial charge on any atom is -0.493 e. The van der Waals surface area contributed by atoms with Gasteiger partial charge in [-0.05, 0) is 48.6 Å². The van der Waals surface area contributed by atoms with E-state index in [2.05, 4.69) is 5.32 Å². The molecule has 0 aliphatic rings. The van der Waals surface area contributed by atoms with Gasteiger partial charge >= 0.3 is 5.97 Å². The van der Waals surface area contributed by atoms with Crippen LogP contribution in [0.1, 0.15) is 30.0 Å². The highest BCUT2D eigenvalue weighted by molar-refractivity contribution is 5.94. The predicted octanol–water partition coefficient (Wildman–Crippen LogP) is 3.70. The van der Waals surface area contributed by atoms with E-state index in [4.69, 9.17) is 18.9 Å². The Morgan fingerprint density at radius 2 is 1.67 bits per heavy atom. The van der Waals surface area contributed by atoms with E-state index in [1.54, 1.807) is 12.1 Å². The fourth-order valence-electron chi connectivity index (χ4n) is 3.12. The molecule has 0 aliphatic heterocycles. The van der Waals surface area contributed by atoms with E-state index >= 15 is 0 Å². The van der Waals surface area contributed by atoms with Crippen molar-refractivity contribution in [2.75, 3.05) is 33.3 Å². The number of methoxy groups -OCH3 is 3. The molecule has 0 atom stereocenters. The topological polar surface area (TPSA) is 83.1 Å². The van der Waals surface area contributed by atoms with Gasteiger partial charge in [-0.1, -0.05) is 25.1 Å². The third kappa shape index (κ3) is 5.89. The van der Waals surface area contributed by atoms with Crippen molar-refractivity contribution in [3.05, 3.63) is 47.0 Å². The van der Waals surface area contributed by atoms with Crippen molar-refractivity contribution in [1.29, 1.82) is 0 Å². The zero-order chi connectivity index (χ0) is 22.1. The number of carbonyl (C=O) groups is 2. The summed E-state index contributed by atoms with van der Waals surface area (Å²) in [6.45, 7) is 3.62. The summed E-state index contributed by atoms with van der Waals surface area (Å²) in [7, 11) is 4.60. The second-order valence-electron chi connectivity index (χ2n) is 6.71. The molecule has 0 heterocycles. The van der Waals surface area contributed by atoms with E-state index in [-0.39, 0.29) is 18.9 Å². The van der Waals surface area contributed by atoms with E-state index in [1.165, 1.54) is 21.3 Å². The lowest BCUT2D eigenvalue weighted by atomic mass is 10.1. The third-order valence-corrected chi connectivity index (χ3v) is 4.71. The lowest BCUT2D eigenvalue weighted by molar-refractivity contribution is -0.147. The Hall–Kier alpha value is -3.22. The lowest BCUT2D eigenvalue weighted by Crippen LogP contribution is -2.22. The van der Waals surface area contributed by atoms with Gasteiger partial charge in [0, 0.05) is 12.1 Å². The van der Waals surface area contributed by atoms with Crippen molar-refractivity contribution in [1.82, 2.24) is 0 Å². The van der Waals surface area contributed by atoms with Crippen molar-refractivity contribution < 1.29 is 28.5 Å². The molecule has 0 aromatic heterocycles. The molecule has 0 unspecified atom stereocenters. The van der Waals surface area contributed by atoms with Crippen molar-refractivity contribution >= 4 is 17.6 Å². The molecule has 30 heavy (non-hydrogen) atoms. The van der Waals surface area contributed by atoms with E-state index < -0.39 is 5.97 Å². The number of para-hydroxylation sites is 1. The SMILES string of the molecule is CCc1cccc(C)c1NC(=O)COC(=O)CCc1cc(OC)c(OC)c(OC)c1. The highest BCUT2D eigenvalue weighted by atomic mass is 16.5. The van der Waals surface area contributed by atoms with Crippen LogP contribution in [0.2, 0.25) is 0 Å². The molecule has 0 saturated heterocycles. The molecule has 2 aromatic carbocycles. The van der Waals surface area contributed by atoms with E-state index in [1.807, 2.05) is 32.0 Å². The maximum Gasteiger partial charge on any atom is 0.306 e. The lowest BCUT2D eigenvalue weighted by Gasteiger charge is -2.14. The Bertz CT molecular complexity index is 868. The van der Waals surface area contributed by atoms with Crippen LogP contribution in [-0.4, -0.2) is 39.8 Å².